The summed E-state index contributed by atoms with van der Waals surface area (Å²) in [6.45, 7) is 2.88. The van der Waals surface area contributed by atoms with E-state index in [9.17, 15) is 4.79 Å². The fraction of sp³-hybridized carbons (Fsp3) is 0.250. The molecule has 1 aromatic carbocycles. The highest BCUT2D eigenvalue weighted by atomic mass is 16.5. The van der Waals surface area contributed by atoms with Crippen LogP contribution in [0.4, 0.5) is 5.69 Å². The Morgan fingerprint density at radius 1 is 1.38 bits per heavy atom. The first-order chi connectivity index (χ1) is 7.81. The van der Waals surface area contributed by atoms with Crippen LogP contribution >= 0.6 is 0 Å². The number of hydrogen-bond donors (Lipinski definition) is 2. The first-order valence-corrected chi connectivity index (χ1v) is 5.25. The molecule has 0 radical (unpaired) electrons. The van der Waals surface area contributed by atoms with Crippen LogP contribution in [0, 0.1) is 0 Å². The number of nitrogens with one attached hydrogen (secondary N) is 2. The van der Waals surface area contributed by atoms with E-state index in [1.807, 2.05) is 37.3 Å². The smallest absolute Gasteiger partial charge is 0.271 e. The standard InChI is InChI=1S/C12H14N2O2/c1-2-16-8-13-11-7-9-5-3-4-6-10(9)14-12(11)15/h3-7,13H,2,8H2,1H3,(H,14,15). The van der Waals surface area contributed by atoms with Crippen molar-refractivity contribution in [2.75, 3.05) is 18.7 Å². The zero-order chi connectivity index (χ0) is 11.4. The maximum atomic E-state index is 11.7. The minimum absolute atomic E-state index is 0.126. The summed E-state index contributed by atoms with van der Waals surface area (Å²) in [5.74, 6) is 0. The van der Waals surface area contributed by atoms with E-state index in [0.29, 0.717) is 19.0 Å². The van der Waals surface area contributed by atoms with Gasteiger partial charge in [0.15, 0.2) is 0 Å². The number of hydrogen-bond acceptors (Lipinski definition) is 3. The molecule has 0 spiro atoms. The van der Waals surface area contributed by atoms with Crippen LogP contribution in [0.2, 0.25) is 0 Å². The molecule has 2 rings (SSSR count). The Morgan fingerprint density at radius 3 is 3.00 bits per heavy atom. The van der Waals surface area contributed by atoms with Gasteiger partial charge in [0, 0.05) is 17.5 Å². The van der Waals surface area contributed by atoms with Crippen molar-refractivity contribution in [3.63, 3.8) is 0 Å². The number of ether oxygens (including phenoxy) is 1. The molecule has 0 bridgehead atoms. The number of rotatable bonds is 4. The van der Waals surface area contributed by atoms with Crippen molar-refractivity contribution in [2.45, 2.75) is 6.92 Å². The van der Waals surface area contributed by atoms with Crippen molar-refractivity contribution < 1.29 is 4.74 Å². The third-order valence-electron chi connectivity index (χ3n) is 2.32. The number of aromatic nitrogens is 1. The highest BCUT2D eigenvalue weighted by Gasteiger charge is 2.00. The highest BCUT2D eigenvalue weighted by Crippen LogP contribution is 2.12. The van der Waals surface area contributed by atoms with Crippen molar-refractivity contribution in [3.05, 3.63) is 40.7 Å². The zero-order valence-electron chi connectivity index (χ0n) is 9.12. The summed E-state index contributed by atoms with van der Waals surface area (Å²) in [6, 6.07) is 9.49. The number of pyridine rings is 1. The average molecular weight is 218 g/mol. The molecule has 0 unspecified atom stereocenters. The van der Waals surface area contributed by atoms with Crippen LogP contribution in [0.3, 0.4) is 0 Å². The fourth-order valence-corrected chi connectivity index (χ4v) is 1.51. The van der Waals surface area contributed by atoms with Gasteiger partial charge < -0.3 is 15.0 Å². The minimum atomic E-state index is -0.126. The maximum Gasteiger partial charge on any atom is 0.271 e. The second-order valence-electron chi connectivity index (χ2n) is 3.41. The quantitative estimate of drug-likeness (QED) is 0.609. The van der Waals surface area contributed by atoms with Crippen molar-refractivity contribution in [1.82, 2.24) is 4.98 Å². The molecule has 84 valence electrons. The molecule has 1 heterocycles. The largest absolute Gasteiger partial charge is 0.362 e. The zero-order valence-corrected chi connectivity index (χ0v) is 9.12. The molecule has 0 amide bonds. The summed E-state index contributed by atoms with van der Waals surface area (Å²) in [5.41, 5.74) is 1.25. The Hall–Kier alpha value is -1.81. The molecule has 0 aliphatic rings. The number of aromatic amines is 1. The topological polar surface area (TPSA) is 54.1 Å². The molecule has 0 aliphatic heterocycles. The van der Waals surface area contributed by atoms with Crippen LogP contribution in [-0.4, -0.2) is 18.3 Å². The second kappa shape index (κ2) is 4.81. The normalized spacial score (nSPS) is 10.6. The first kappa shape index (κ1) is 10.7. The number of anilines is 1. The third kappa shape index (κ3) is 2.23. The molecular weight excluding hydrogens is 204 g/mol. The molecule has 16 heavy (non-hydrogen) atoms. The fourth-order valence-electron chi connectivity index (χ4n) is 1.51. The van der Waals surface area contributed by atoms with E-state index in [2.05, 4.69) is 10.3 Å². The molecule has 0 atom stereocenters. The van der Waals surface area contributed by atoms with E-state index in [1.54, 1.807) is 0 Å². The number of para-hydroxylation sites is 1. The van der Waals surface area contributed by atoms with Crippen molar-refractivity contribution >= 4 is 16.6 Å². The summed E-state index contributed by atoms with van der Waals surface area (Å²) in [6.07, 6.45) is 0. The van der Waals surface area contributed by atoms with E-state index in [1.165, 1.54) is 0 Å². The van der Waals surface area contributed by atoms with Crippen LogP contribution < -0.4 is 10.9 Å². The average Bonchev–Trinajstić information content (AvgIpc) is 2.30. The molecule has 1 aromatic heterocycles. The maximum absolute atomic E-state index is 11.7. The van der Waals surface area contributed by atoms with Gasteiger partial charge in [-0.15, -0.1) is 0 Å². The van der Waals surface area contributed by atoms with Crippen LogP contribution in [0.5, 0.6) is 0 Å². The van der Waals surface area contributed by atoms with Crippen LogP contribution in [0.15, 0.2) is 35.1 Å². The Balaban J connectivity index is 2.31. The Kier molecular flexibility index (Phi) is 3.22. The number of benzene rings is 1. The van der Waals surface area contributed by atoms with E-state index >= 15 is 0 Å². The van der Waals surface area contributed by atoms with Gasteiger partial charge in [-0.2, -0.15) is 0 Å². The van der Waals surface area contributed by atoms with Gasteiger partial charge in [0.2, 0.25) is 0 Å². The number of fused-ring (bicyclic) bond motifs is 1. The molecule has 2 aromatic rings. The first-order valence-electron chi connectivity index (χ1n) is 5.25. The lowest BCUT2D eigenvalue weighted by molar-refractivity contribution is 0.167. The van der Waals surface area contributed by atoms with Gasteiger partial charge in [-0.25, -0.2) is 0 Å². The summed E-state index contributed by atoms with van der Waals surface area (Å²) >= 11 is 0. The molecule has 0 saturated heterocycles. The predicted octanol–water partition coefficient (Wildman–Crippen LogP) is 1.93. The molecule has 2 N–H and O–H groups in total. The highest BCUT2D eigenvalue weighted by molar-refractivity contribution is 5.81. The second-order valence-corrected chi connectivity index (χ2v) is 3.41. The lowest BCUT2D eigenvalue weighted by Crippen LogP contribution is -2.16. The molecule has 0 saturated carbocycles. The van der Waals surface area contributed by atoms with Gasteiger partial charge in [0.05, 0.1) is 0 Å². The van der Waals surface area contributed by atoms with Crippen LogP contribution in [0.1, 0.15) is 6.92 Å². The Labute approximate surface area is 93.3 Å². The Morgan fingerprint density at radius 2 is 2.19 bits per heavy atom. The molecular formula is C12H14N2O2. The lowest BCUT2D eigenvalue weighted by Gasteiger charge is -2.06. The van der Waals surface area contributed by atoms with E-state index in [0.717, 1.165) is 10.9 Å². The van der Waals surface area contributed by atoms with Gasteiger partial charge in [0.25, 0.3) is 5.56 Å². The van der Waals surface area contributed by atoms with Crippen LogP contribution in [-0.2, 0) is 4.74 Å². The van der Waals surface area contributed by atoms with E-state index in [-0.39, 0.29) is 5.56 Å². The number of H-pyrrole nitrogens is 1. The predicted molar refractivity (Wildman–Crippen MR) is 64.7 cm³/mol. The van der Waals surface area contributed by atoms with E-state index in [4.69, 9.17) is 4.74 Å². The third-order valence-corrected chi connectivity index (χ3v) is 2.32. The summed E-state index contributed by atoms with van der Waals surface area (Å²) in [5, 5.41) is 3.94. The van der Waals surface area contributed by atoms with E-state index < -0.39 is 0 Å². The summed E-state index contributed by atoms with van der Waals surface area (Å²) in [7, 11) is 0. The molecule has 4 heteroatoms. The Bertz CT molecular complexity index is 534. The van der Waals surface area contributed by atoms with Crippen molar-refractivity contribution in [3.8, 4) is 0 Å². The summed E-state index contributed by atoms with van der Waals surface area (Å²) in [4.78, 5) is 14.5. The van der Waals surface area contributed by atoms with Crippen LogP contribution in [0.25, 0.3) is 10.9 Å². The van der Waals surface area contributed by atoms with Crippen molar-refractivity contribution in [1.29, 1.82) is 0 Å². The molecule has 0 fully saturated rings. The van der Waals surface area contributed by atoms with Gasteiger partial charge in [-0.05, 0) is 19.1 Å². The summed E-state index contributed by atoms with van der Waals surface area (Å²) < 4.78 is 5.14. The molecule has 4 nitrogen and oxygen atoms in total. The minimum Gasteiger partial charge on any atom is -0.362 e. The lowest BCUT2D eigenvalue weighted by atomic mass is 10.2. The van der Waals surface area contributed by atoms with Gasteiger partial charge >= 0.3 is 0 Å². The SMILES string of the molecule is CCOCNc1cc2ccccc2[nH]c1=O. The molecule has 0 aliphatic carbocycles. The monoisotopic (exact) mass is 218 g/mol. The van der Waals surface area contributed by atoms with Gasteiger partial charge in [0.1, 0.15) is 12.4 Å². The van der Waals surface area contributed by atoms with Crippen molar-refractivity contribution in [2.24, 2.45) is 0 Å². The van der Waals surface area contributed by atoms with Gasteiger partial charge in [-0.1, -0.05) is 18.2 Å². The van der Waals surface area contributed by atoms with Gasteiger partial charge in [-0.3, -0.25) is 4.79 Å².